The van der Waals surface area contributed by atoms with Gasteiger partial charge < -0.3 is 4.90 Å². The van der Waals surface area contributed by atoms with Crippen molar-refractivity contribution in [1.29, 1.82) is 0 Å². The summed E-state index contributed by atoms with van der Waals surface area (Å²) in [4.78, 5) is 2.83. The Kier molecular flexibility index (Phi) is 6.54. The van der Waals surface area contributed by atoms with Gasteiger partial charge in [-0.25, -0.2) is 8.42 Å². The molecular weight excluding hydrogens is 344 g/mol. The summed E-state index contributed by atoms with van der Waals surface area (Å²) in [5.74, 6) is 0.412. The van der Waals surface area contributed by atoms with Gasteiger partial charge in [0.15, 0.2) is 0 Å². The van der Waals surface area contributed by atoms with Crippen molar-refractivity contribution in [1.82, 2.24) is 9.21 Å². The molecule has 3 rings (SSSR count). The van der Waals surface area contributed by atoms with E-state index in [-0.39, 0.29) is 0 Å². The molecule has 0 saturated carbocycles. The van der Waals surface area contributed by atoms with Gasteiger partial charge in [-0.2, -0.15) is 4.31 Å². The molecule has 1 aromatic carbocycles. The second-order valence-electron chi connectivity index (χ2n) is 7.83. The smallest absolute Gasteiger partial charge is 0.243 e. The number of hydrogen-bond acceptors (Lipinski definition) is 3. The molecule has 26 heavy (non-hydrogen) atoms. The monoisotopic (exact) mass is 376 g/mol. The van der Waals surface area contributed by atoms with Crippen LogP contribution >= 0.6 is 0 Å². The molecule has 1 saturated heterocycles. The lowest BCUT2D eigenvalue weighted by atomic mass is 9.97. The fourth-order valence-corrected chi connectivity index (χ4v) is 5.22. The number of hydrogen-bond donors (Lipinski definition) is 0. The first-order chi connectivity index (χ1) is 12.5. The molecule has 0 unspecified atom stereocenters. The highest BCUT2D eigenvalue weighted by Gasteiger charge is 2.28. The molecular formula is C21H32N2O2S. The Morgan fingerprint density at radius 1 is 1.00 bits per heavy atom. The number of rotatable bonds is 6. The van der Waals surface area contributed by atoms with Gasteiger partial charge in [0.2, 0.25) is 10.0 Å². The molecule has 0 amide bonds. The molecule has 0 atom stereocenters. The number of nitrogens with zero attached hydrogens (tertiary/aromatic N) is 2. The quantitative estimate of drug-likeness (QED) is 0.705. The van der Waals surface area contributed by atoms with Crippen LogP contribution in [-0.2, 0) is 10.0 Å². The molecule has 0 bridgehead atoms. The molecule has 144 valence electrons. The van der Waals surface area contributed by atoms with E-state index in [9.17, 15) is 8.42 Å². The molecule has 1 aliphatic heterocycles. The van der Waals surface area contributed by atoms with Crippen LogP contribution in [0.3, 0.4) is 0 Å². The summed E-state index contributed by atoms with van der Waals surface area (Å²) in [5.41, 5.74) is 2.77. The number of sulfonamides is 1. The Labute approximate surface area is 158 Å². The van der Waals surface area contributed by atoms with Crippen molar-refractivity contribution in [2.75, 3.05) is 32.7 Å². The van der Waals surface area contributed by atoms with Gasteiger partial charge in [0.05, 0.1) is 4.90 Å². The van der Waals surface area contributed by atoms with Crippen molar-refractivity contribution in [3.63, 3.8) is 0 Å². The lowest BCUT2D eigenvalue weighted by Crippen LogP contribution is -2.48. The third-order valence-corrected chi connectivity index (χ3v) is 7.56. The van der Waals surface area contributed by atoms with Crippen LogP contribution in [0.15, 0.2) is 40.8 Å². The standard InChI is InChI=1S/C21H32N2O2S/c1-18(2)20-8-10-21(11-9-20)26(24,25)23-16-14-22(15-17-23)13-12-19-6-4-3-5-7-19/h6,8-11,18H,3-5,7,12-17H2,1-2H3. The summed E-state index contributed by atoms with van der Waals surface area (Å²) >= 11 is 0. The largest absolute Gasteiger partial charge is 0.300 e. The SMILES string of the molecule is CC(C)c1ccc(S(=O)(=O)N2CCN(CCC3=CCCCC3)CC2)cc1. The van der Waals surface area contributed by atoms with Crippen molar-refractivity contribution in [3.05, 3.63) is 41.5 Å². The van der Waals surface area contributed by atoms with Gasteiger partial charge in [-0.15, -0.1) is 0 Å². The van der Waals surface area contributed by atoms with Gasteiger partial charge in [-0.1, -0.05) is 37.6 Å². The van der Waals surface area contributed by atoms with Crippen molar-refractivity contribution >= 4 is 10.0 Å². The van der Waals surface area contributed by atoms with E-state index in [1.807, 2.05) is 12.1 Å². The van der Waals surface area contributed by atoms with Crippen molar-refractivity contribution in [2.45, 2.75) is 56.8 Å². The van der Waals surface area contributed by atoms with Crippen molar-refractivity contribution in [3.8, 4) is 0 Å². The minimum absolute atomic E-state index is 0.412. The summed E-state index contributed by atoms with van der Waals surface area (Å²) < 4.78 is 27.4. The fourth-order valence-electron chi connectivity index (χ4n) is 3.80. The molecule has 1 heterocycles. The van der Waals surface area contributed by atoms with Crippen LogP contribution in [0.25, 0.3) is 0 Å². The average molecular weight is 377 g/mol. The number of benzene rings is 1. The van der Waals surface area contributed by atoms with E-state index in [0.717, 1.165) is 26.1 Å². The molecule has 1 aliphatic carbocycles. The maximum Gasteiger partial charge on any atom is 0.243 e. The first-order valence-electron chi connectivity index (χ1n) is 9.97. The molecule has 0 spiro atoms. The minimum atomic E-state index is -3.37. The van der Waals surface area contributed by atoms with Crippen LogP contribution in [0, 0.1) is 0 Å². The second-order valence-corrected chi connectivity index (χ2v) is 9.77. The predicted octanol–water partition coefficient (Wildman–Crippen LogP) is 4.01. The van der Waals surface area contributed by atoms with E-state index in [4.69, 9.17) is 0 Å². The van der Waals surface area contributed by atoms with Gasteiger partial charge in [-0.05, 0) is 55.7 Å². The van der Waals surface area contributed by atoms with Crippen molar-refractivity contribution in [2.24, 2.45) is 0 Å². The van der Waals surface area contributed by atoms with Crippen LogP contribution in [-0.4, -0.2) is 50.3 Å². The molecule has 5 heteroatoms. The molecule has 2 aliphatic rings. The molecule has 0 aromatic heterocycles. The van der Waals surface area contributed by atoms with Gasteiger partial charge >= 0.3 is 0 Å². The Morgan fingerprint density at radius 2 is 1.69 bits per heavy atom. The highest BCUT2D eigenvalue weighted by Crippen LogP contribution is 2.23. The lowest BCUT2D eigenvalue weighted by Gasteiger charge is -2.34. The second kappa shape index (κ2) is 8.68. The average Bonchev–Trinajstić information content (AvgIpc) is 2.67. The third-order valence-electron chi connectivity index (χ3n) is 5.65. The van der Waals surface area contributed by atoms with E-state index in [2.05, 4.69) is 24.8 Å². The van der Waals surface area contributed by atoms with Gasteiger partial charge in [0, 0.05) is 32.7 Å². The molecule has 4 nitrogen and oxygen atoms in total. The first-order valence-corrected chi connectivity index (χ1v) is 11.4. The van der Waals surface area contributed by atoms with E-state index in [0.29, 0.717) is 23.9 Å². The molecule has 0 radical (unpaired) electrons. The zero-order valence-electron chi connectivity index (χ0n) is 16.2. The van der Waals surface area contributed by atoms with E-state index >= 15 is 0 Å². The van der Waals surface area contributed by atoms with Crippen LogP contribution in [0.4, 0.5) is 0 Å². The maximum atomic E-state index is 12.9. The Hall–Kier alpha value is -1.17. The highest BCUT2D eigenvalue weighted by molar-refractivity contribution is 7.89. The zero-order valence-corrected chi connectivity index (χ0v) is 17.0. The Balaban J connectivity index is 1.53. The fraction of sp³-hybridized carbons (Fsp3) is 0.619. The summed E-state index contributed by atoms with van der Waals surface area (Å²) in [7, 11) is -3.37. The number of allylic oxidation sites excluding steroid dienone is 1. The van der Waals surface area contributed by atoms with Crippen LogP contribution in [0.2, 0.25) is 0 Å². The Morgan fingerprint density at radius 3 is 2.27 bits per heavy atom. The first kappa shape index (κ1) is 19.6. The van der Waals surface area contributed by atoms with Gasteiger partial charge in [0.1, 0.15) is 0 Å². The molecule has 1 fully saturated rings. The van der Waals surface area contributed by atoms with Crippen LogP contribution < -0.4 is 0 Å². The zero-order chi connectivity index (χ0) is 18.6. The highest BCUT2D eigenvalue weighted by atomic mass is 32.2. The summed E-state index contributed by atoms with van der Waals surface area (Å²) in [6.45, 7) is 8.13. The Bertz CT molecular complexity index is 715. The molecule has 1 aromatic rings. The van der Waals surface area contributed by atoms with Crippen molar-refractivity contribution < 1.29 is 8.42 Å². The van der Waals surface area contributed by atoms with E-state index in [1.165, 1.54) is 31.2 Å². The maximum absolute atomic E-state index is 12.9. The summed E-state index contributed by atoms with van der Waals surface area (Å²) in [6.07, 6.45) is 8.69. The summed E-state index contributed by atoms with van der Waals surface area (Å²) in [5, 5.41) is 0. The predicted molar refractivity (Wildman–Crippen MR) is 107 cm³/mol. The van der Waals surface area contributed by atoms with Crippen LogP contribution in [0.1, 0.15) is 57.4 Å². The van der Waals surface area contributed by atoms with Gasteiger partial charge in [-0.3, -0.25) is 0 Å². The third kappa shape index (κ3) is 4.76. The topological polar surface area (TPSA) is 40.6 Å². The lowest BCUT2D eigenvalue weighted by molar-refractivity contribution is 0.189. The summed E-state index contributed by atoms with van der Waals surface area (Å²) in [6, 6.07) is 7.39. The van der Waals surface area contributed by atoms with Crippen LogP contribution in [0.5, 0.6) is 0 Å². The number of piperazine rings is 1. The van der Waals surface area contributed by atoms with E-state index < -0.39 is 10.0 Å². The van der Waals surface area contributed by atoms with Gasteiger partial charge in [0.25, 0.3) is 0 Å². The normalized spacial score (nSPS) is 20.3. The molecule has 0 N–H and O–H groups in total. The van der Waals surface area contributed by atoms with E-state index in [1.54, 1.807) is 22.0 Å². The minimum Gasteiger partial charge on any atom is -0.300 e.